The van der Waals surface area contributed by atoms with E-state index in [0.29, 0.717) is 0 Å². The van der Waals surface area contributed by atoms with Crippen molar-refractivity contribution in [1.29, 1.82) is 0 Å². The number of carbonyl (C=O) groups excluding carboxylic acids is 1. The zero-order valence-corrected chi connectivity index (χ0v) is 11.8. The Hall–Kier alpha value is -1.09. The Morgan fingerprint density at radius 3 is 2.79 bits per heavy atom. The second-order valence-electron chi connectivity index (χ2n) is 5.22. The van der Waals surface area contributed by atoms with Crippen LogP contribution in [-0.4, -0.2) is 17.3 Å². The summed E-state index contributed by atoms with van der Waals surface area (Å²) < 4.78 is 13.7. The molecule has 2 atom stereocenters. The molecule has 2 rings (SSSR count). The average molecular weight is 284 g/mol. The molecule has 1 aliphatic rings. The standard InChI is InChI=1S/C15H19ClFNO/c1-10-7-8-11(13(17)9-10)15(19)18-14-6-4-2-3-5-12(14)16/h7-9,12,14H,2-6H2,1H3,(H,18,19). The smallest absolute Gasteiger partial charge is 0.254 e. The van der Waals surface area contributed by atoms with E-state index >= 15 is 0 Å². The van der Waals surface area contributed by atoms with Crippen LogP contribution in [0.3, 0.4) is 0 Å². The zero-order valence-electron chi connectivity index (χ0n) is 11.1. The molecular weight excluding hydrogens is 265 g/mol. The highest BCUT2D eigenvalue weighted by Gasteiger charge is 2.24. The molecule has 1 aliphatic carbocycles. The van der Waals surface area contributed by atoms with Crippen molar-refractivity contribution in [2.75, 3.05) is 0 Å². The lowest BCUT2D eigenvalue weighted by Crippen LogP contribution is -2.40. The summed E-state index contributed by atoms with van der Waals surface area (Å²) in [7, 11) is 0. The van der Waals surface area contributed by atoms with Crippen LogP contribution in [-0.2, 0) is 0 Å². The third-order valence-electron chi connectivity index (χ3n) is 3.62. The SMILES string of the molecule is Cc1ccc(C(=O)NC2CCCCCC2Cl)c(F)c1. The number of hydrogen-bond donors (Lipinski definition) is 1. The van der Waals surface area contributed by atoms with E-state index in [1.54, 1.807) is 13.0 Å². The number of nitrogens with one attached hydrogen (secondary N) is 1. The highest BCUT2D eigenvalue weighted by Crippen LogP contribution is 2.23. The minimum atomic E-state index is -0.475. The van der Waals surface area contributed by atoms with Gasteiger partial charge in [0, 0.05) is 6.04 Å². The molecule has 1 N–H and O–H groups in total. The normalized spacial score (nSPS) is 23.7. The molecule has 104 valence electrons. The Kier molecular flexibility index (Phi) is 4.81. The molecule has 1 fully saturated rings. The molecule has 1 saturated carbocycles. The van der Waals surface area contributed by atoms with Crippen LogP contribution < -0.4 is 5.32 Å². The first-order chi connectivity index (χ1) is 9.08. The van der Waals surface area contributed by atoms with Crippen molar-refractivity contribution >= 4 is 17.5 Å². The van der Waals surface area contributed by atoms with Crippen LogP contribution in [0.15, 0.2) is 18.2 Å². The third kappa shape index (κ3) is 3.69. The lowest BCUT2D eigenvalue weighted by molar-refractivity contribution is 0.0930. The van der Waals surface area contributed by atoms with Gasteiger partial charge >= 0.3 is 0 Å². The number of benzene rings is 1. The van der Waals surface area contributed by atoms with E-state index in [2.05, 4.69) is 5.32 Å². The molecule has 19 heavy (non-hydrogen) atoms. The lowest BCUT2D eigenvalue weighted by Gasteiger charge is -2.21. The Balaban J connectivity index is 2.07. The quantitative estimate of drug-likeness (QED) is 0.649. The van der Waals surface area contributed by atoms with Gasteiger partial charge in [0.25, 0.3) is 5.91 Å². The van der Waals surface area contributed by atoms with Gasteiger partial charge in [-0.15, -0.1) is 11.6 Å². The fraction of sp³-hybridized carbons (Fsp3) is 0.533. The van der Waals surface area contributed by atoms with Gasteiger partial charge in [-0.3, -0.25) is 4.79 Å². The minimum Gasteiger partial charge on any atom is -0.348 e. The number of carbonyl (C=O) groups is 1. The van der Waals surface area contributed by atoms with E-state index < -0.39 is 5.82 Å². The third-order valence-corrected chi connectivity index (χ3v) is 4.14. The highest BCUT2D eigenvalue weighted by molar-refractivity contribution is 6.21. The van der Waals surface area contributed by atoms with Gasteiger partial charge in [-0.1, -0.05) is 25.3 Å². The molecule has 0 radical (unpaired) electrons. The number of alkyl halides is 1. The summed E-state index contributed by atoms with van der Waals surface area (Å²) in [4.78, 5) is 12.1. The molecule has 4 heteroatoms. The fourth-order valence-corrected chi connectivity index (χ4v) is 2.82. The van der Waals surface area contributed by atoms with Crippen LogP contribution >= 0.6 is 11.6 Å². The monoisotopic (exact) mass is 283 g/mol. The number of hydrogen-bond acceptors (Lipinski definition) is 1. The van der Waals surface area contributed by atoms with Gasteiger partial charge in [-0.25, -0.2) is 4.39 Å². The molecule has 0 spiro atoms. The number of amides is 1. The molecule has 0 saturated heterocycles. The van der Waals surface area contributed by atoms with Crippen molar-refractivity contribution in [3.63, 3.8) is 0 Å². The Bertz CT molecular complexity index is 463. The summed E-state index contributed by atoms with van der Waals surface area (Å²) in [6.07, 6.45) is 5.08. The summed E-state index contributed by atoms with van der Waals surface area (Å²) in [6.45, 7) is 1.80. The van der Waals surface area contributed by atoms with E-state index in [1.165, 1.54) is 12.1 Å². The van der Waals surface area contributed by atoms with E-state index in [-0.39, 0.29) is 22.9 Å². The summed E-state index contributed by atoms with van der Waals surface area (Å²) in [6, 6.07) is 4.58. The molecule has 0 aliphatic heterocycles. The predicted octanol–water partition coefficient (Wildman–Crippen LogP) is 3.80. The van der Waals surface area contributed by atoms with Crippen LogP contribution in [0.2, 0.25) is 0 Å². The van der Waals surface area contributed by atoms with Gasteiger partial charge in [-0.05, 0) is 37.5 Å². The van der Waals surface area contributed by atoms with Crippen LogP contribution in [0.1, 0.15) is 48.0 Å². The van der Waals surface area contributed by atoms with Gasteiger partial charge in [0.05, 0.1) is 10.9 Å². The summed E-state index contributed by atoms with van der Waals surface area (Å²) in [5.41, 5.74) is 0.900. The van der Waals surface area contributed by atoms with Crippen molar-refractivity contribution in [1.82, 2.24) is 5.32 Å². The highest BCUT2D eigenvalue weighted by atomic mass is 35.5. The van der Waals surface area contributed by atoms with Crippen molar-refractivity contribution in [3.05, 3.63) is 35.1 Å². The van der Waals surface area contributed by atoms with Crippen LogP contribution in [0.4, 0.5) is 4.39 Å². The lowest BCUT2D eigenvalue weighted by atomic mass is 10.1. The first-order valence-electron chi connectivity index (χ1n) is 6.79. The number of aryl methyl sites for hydroxylation is 1. The Morgan fingerprint density at radius 2 is 2.05 bits per heavy atom. The maximum Gasteiger partial charge on any atom is 0.254 e. The minimum absolute atomic E-state index is 0.0556. The average Bonchev–Trinajstić information content (AvgIpc) is 2.55. The van der Waals surface area contributed by atoms with Gasteiger partial charge in [-0.2, -0.15) is 0 Å². The summed E-state index contributed by atoms with van der Waals surface area (Å²) >= 11 is 6.28. The number of halogens is 2. The van der Waals surface area contributed by atoms with E-state index in [1.807, 2.05) is 0 Å². The molecule has 2 nitrogen and oxygen atoms in total. The van der Waals surface area contributed by atoms with Crippen LogP contribution in [0.25, 0.3) is 0 Å². The summed E-state index contributed by atoms with van der Waals surface area (Å²) in [5.74, 6) is -0.840. The Labute approximate surface area is 118 Å². The first kappa shape index (κ1) is 14.3. The zero-order chi connectivity index (χ0) is 13.8. The molecular formula is C15H19ClFNO. The predicted molar refractivity (Wildman–Crippen MR) is 75.1 cm³/mol. The van der Waals surface area contributed by atoms with Gasteiger partial charge in [0.15, 0.2) is 0 Å². The Morgan fingerprint density at radius 1 is 1.32 bits per heavy atom. The molecule has 0 heterocycles. The molecule has 2 unspecified atom stereocenters. The molecule has 1 amide bonds. The van der Waals surface area contributed by atoms with Crippen molar-refractivity contribution in [2.45, 2.75) is 50.4 Å². The molecule has 1 aromatic carbocycles. The van der Waals surface area contributed by atoms with Crippen molar-refractivity contribution in [3.8, 4) is 0 Å². The molecule has 0 bridgehead atoms. The topological polar surface area (TPSA) is 29.1 Å². The van der Waals surface area contributed by atoms with E-state index in [0.717, 1.165) is 37.7 Å². The van der Waals surface area contributed by atoms with Crippen LogP contribution in [0.5, 0.6) is 0 Å². The van der Waals surface area contributed by atoms with Gasteiger partial charge in [0.1, 0.15) is 5.82 Å². The van der Waals surface area contributed by atoms with Gasteiger partial charge in [0.2, 0.25) is 0 Å². The fourth-order valence-electron chi connectivity index (χ4n) is 2.48. The second-order valence-corrected chi connectivity index (χ2v) is 5.78. The second kappa shape index (κ2) is 6.38. The van der Waals surface area contributed by atoms with E-state index in [9.17, 15) is 9.18 Å². The van der Waals surface area contributed by atoms with Crippen molar-refractivity contribution < 1.29 is 9.18 Å². The van der Waals surface area contributed by atoms with Crippen molar-refractivity contribution in [2.24, 2.45) is 0 Å². The maximum atomic E-state index is 13.7. The maximum absolute atomic E-state index is 13.7. The van der Waals surface area contributed by atoms with E-state index in [4.69, 9.17) is 11.6 Å². The largest absolute Gasteiger partial charge is 0.348 e. The van der Waals surface area contributed by atoms with Crippen LogP contribution in [0, 0.1) is 12.7 Å². The first-order valence-corrected chi connectivity index (χ1v) is 7.22. The molecule has 1 aromatic rings. The number of rotatable bonds is 2. The van der Waals surface area contributed by atoms with Gasteiger partial charge < -0.3 is 5.32 Å². The summed E-state index contributed by atoms with van der Waals surface area (Å²) in [5, 5.41) is 2.82. The molecule has 0 aromatic heterocycles.